The number of anilines is 1. The quantitative estimate of drug-likeness (QED) is 0.322. The molecule has 0 aliphatic carbocycles. The summed E-state index contributed by atoms with van der Waals surface area (Å²) in [5.41, 5.74) is 9.56. The Bertz CT molecular complexity index is 1390. The second kappa shape index (κ2) is 13.5. The van der Waals surface area contributed by atoms with Gasteiger partial charge in [-0.2, -0.15) is 5.10 Å². The molecular weight excluding hydrogens is 520 g/mol. The third-order valence-corrected chi connectivity index (χ3v) is 7.51. The maximum atomic E-state index is 14.2. The van der Waals surface area contributed by atoms with Gasteiger partial charge >= 0.3 is 6.03 Å². The molecule has 4 rings (SSSR count). The van der Waals surface area contributed by atoms with Gasteiger partial charge in [0.15, 0.2) is 5.69 Å². The van der Waals surface area contributed by atoms with Gasteiger partial charge in [-0.15, -0.1) is 0 Å². The number of carbonyl (C=O) groups excluding carboxylic acids is 3. The Balaban J connectivity index is 1.74. The van der Waals surface area contributed by atoms with Gasteiger partial charge < -0.3 is 26.0 Å². The van der Waals surface area contributed by atoms with Crippen molar-refractivity contribution in [2.75, 3.05) is 25.0 Å². The van der Waals surface area contributed by atoms with E-state index in [2.05, 4.69) is 24.3 Å². The zero-order valence-electron chi connectivity index (χ0n) is 24.1. The molecule has 3 aromatic rings. The van der Waals surface area contributed by atoms with Crippen LogP contribution in [0.5, 0.6) is 0 Å². The van der Waals surface area contributed by atoms with Gasteiger partial charge in [-0.05, 0) is 61.6 Å². The second-order valence-electron chi connectivity index (χ2n) is 10.5. The summed E-state index contributed by atoms with van der Waals surface area (Å²) in [6.45, 7) is 7.49. The third kappa shape index (κ3) is 6.77. The van der Waals surface area contributed by atoms with Crippen molar-refractivity contribution in [2.24, 2.45) is 5.73 Å². The van der Waals surface area contributed by atoms with Crippen molar-refractivity contribution in [3.63, 3.8) is 0 Å². The number of aryl methyl sites for hydroxylation is 1. The second-order valence-corrected chi connectivity index (χ2v) is 10.5. The molecule has 10 nitrogen and oxygen atoms in total. The van der Waals surface area contributed by atoms with Gasteiger partial charge in [-0.3, -0.25) is 9.59 Å². The van der Waals surface area contributed by atoms with Gasteiger partial charge in [-0.25, -0.2) is 9.48 Å². The first kappa shape index (κ1) is 29.8. The van der Waals surface area contributed by atoms with E-state index >= 15 is 0 Å². The molecule has 1 unspecified atom stereocenters. The topological polar surface area (TPSA) is 134 Å². The third-order valence-electron chi connectivity index (χ3n) is 7.51. The average Bonchev–Trinajstić information content (AvgIpc) is 3.36. The number of aliphatic hydroxyl groups is 1. The highest BCUT2D eigenvalue weighted by Gasteiger charge is 2.32. The van der Waals surface area contributed by atoms with Gasteiger partial charge in [0.05, 0.1) is 23.9 Å². The minimum Gasteiger partial charge on any atom is -0.394 e. The van der Waals surface area contributed by atoms with Crippen molar-refractivity contribution in [3.05, 3.63) is 76.6 Å². The van der Waals surface area contributed by atoms with Crippen LogP contribution >= 0.6 is 0 Å². The molecule has 0 bridgehead atoms. The van der Waals surface area contributed by atoms with Gasteiger partial charge in [0, 0.05) is 31.0 Å². The van der Waals surface area contributed by atoms with Crippen LogP contribution in [0.4, 0.5) is 10.5 Å². The SMILES string of the molecule is CCCCN(CCCC)C(=O)c1cc(C)n(-c2ccc(NC(N)=O)cc2C(=O)N2Cc3ccccc3CC2CO)n1. The monoisotopic (exact) mass is 560 g/mol. The van der Waals surface area contributed by atoms with Crippen LogP contribution in [0.2, 0.25) is 0 Å². The fourth-order valence-electron chi connectivity index (χ4n) is 5.25. The lowest BCUT2D eigenvalue weighted by Gasteiger charge is -2.36. The molecule has 0 radical (unpaired) electrons. The Kier molecular flexibility index (Phi) is 9.78. The summed E-state index contributed by atoms with van der Waals surface area (Å²) >= 11 is 0. The van der Waals surface area contributed by atoms with Crippen LogP contribution in [0.1, 0.15) is 77.2 Å². The van der Waals surface area contributed by atoms with Crippen molar-refractivity contribution in [3.8, 4) is 5.69 Å². The number of benzene rings is 2. The normalized spacial score (nSPS) is 14.4. The Labute approximate surface area is 241 Å². The first-order valence-corrected chi connectivity index (χ1v) is 14.3. The Morgan fingerprint density at radius 3 is 2.37 bits per heavy atom. The van der Waals surface area contributed by atoms with E-state index in [1.807, 2.05) is 36.1 Å². The molecular formula is C31H40N6O4. The molecule has 1 atom stereocenters. The van der Waals surface area contributed by atoms with Crippen LogP contribution < -0.4 is 11.1 Å². The summed E-state index contributed by atoms with van der Waals surface area (Å²) < 4.78 is 1.60. The number of nitrogens with two attached hydrogens (primary N) is 1. The van der Waals surface area contributed by atoms with Crippen LogP contribution in [-0.2, 0) is 13.0 Å². The predicted octanol–water partition coefficient (Wildman–Crippen LogP) is 4.27. The molecule has 10 heteroatoms. The maximum Gasteiger partial charge on any atom is 0.316 e. The standard InChI is InChI=1S/C31H40N6O4/c1-4-6-14-35(15-7-5-2)30(40)27-16-21(3)37(34-27)28-13-12-24(33-31(32)41)18-26(28)29(39)36-19-23-11-9-8-10-22(23)17-25(36)20-38/h8-13,16,18,25,38H,4-7,14-15,17,19-20H2,1-3H3,(H3,32,33,41). The number of carbonyl (C=O) groups is 3. The van der Waals surface area contributed by atoms with Crippen LogP contribution in [0.15, 0.2) is 48.5 Å². The molecule has 218 valence electrons. The molecule has 1 aromatic heterocycles. The molecule has 2 heterocycles. The lowest BCUT2D eigenvalue weighted by molar-refractivity contribution is 0.0544. The Hall–Kier alpha value is -4.18. The summed E-state index contributed by atoms with van der Waals surface area (Å²) in [5.74, 6) is -0.460. The molecule has 0 spiro atoms. The largest absolute Gasteiger partial charge is 0.394 e. The smallest absolute Gasteiger partial charge is 0.316 e. The number of primary amides is 1. The number of fused-ring (bicyclic) bond motifs is 1. The summed E-state index contributed by atoms with van der Waals surface area (Å²) in [6.07, 6.45) is 4.31. The highest BCUT2D eigenvalue weighted by atomic mass is 16.3. The van der Waals surface area contributed by atoms with E-state index in [1.54, 1.807) is 33.8 Å². The zero-order chi connectivity index (χ0) is 29.5. The lowest BCUT2D eigenvalue weighted by Crippen LogP contribution is -2.46. The van der Waals surface area contributed by atoms with E-state index in [1.165, 1.54) is 0 Å². The molecule has 0 saturated heterocycles. The highest BCUT2D eigenvalue weighted by Crippen LogP contribution is 2.29. The van der Waals surface area contributed by atoms with Crippen molar-refractivity contribution in [2.45, 2.75) is 65.5 Å². The number of aromatic nitrogens is 2. The summed E-state index contributed by atoms with van der Waals surface area (Å²) in [5, 5.41) is 17.4. The number of unbranched alkanes of at least 4 members (excludes halogenated alkanes) is 2. The van der Waals surface area contributed by atoms with Crippen molar-refractivity contribution in [1.82, 2.24) is 19.6 Å². The average molecular weight is 561 g/mol. The van der Waals surface area contributed by atoms with Crippen molar-refractivity contribution >= 4 is 23.5 Å². The minimum atomic E-state index is -0.751. The van der Waals surface area contributed by atoms with Gasteiger partial charge in [-0.1, -0.05) is 51.0 Å². The first-order valence-electron chi connectivity index (χ1n) is 14.3. The van der Waals surface area contributed by atoms with Crippen LogP contribution in [0, 0.1) is 6.92 Å². The Morgan fingerprint density at radius 1 is 1.05 bits per heavy atom. The van der Waals surface area contributed by atoms with E-state index in [9.17, 15) is 19.5 Å². The highest BCUT2D eigenvalue weighted by molar-refractivity contribution is 6.00. The predicted molar refractivity (Wildman–Crippen MR) is 158 cm³/mol. The molecule has 1 aliphatic heterocycles. The molecule has 0 saturated carbocycles. The van der Waals surface area contributed by atoms with E-state index in [-0.39, 0.29) is 24.0 Å². The van der Waals surface area contributed by atoms with E-state index in [4.69, 9.17) is 5.73 Å². The summed E-state index contributed by atoms with van der Waals surface area (Å²) in [6, 6.07) is 13.3. The maximum absolute atomic E-state index is 14.2. The number of nitrogens with one attached hydrogen (secondary N) is 1. The molecule has 41 heavy (non-hydrogen) atoms. The number of hydrogen-bond donors (Lipinski definition) is 3. The van der Waals surface area contributed by atoms with Gasteiger partial charge in [0.2, 0.25) is 0 Å². The first-order chi connectivity index (χ1) is 19.8. The van der Waals surface area contributed by atoms with Gasteiger partial charge in [0.1, 0.15) is 0 Å². The number of amides is 4. The lowest BCUT2D eigenvalue weighted by atomic mass is 9.93. The van der Waals surface area contributed by atoms with E-state index in [0.29, 0.717) is 48.8 Å². The van der Waals surface area contributed by atoms with Gasteiger partial charge in [0.25, 0.3) is 11.8 Å². The summed E-state index contributed by atoms with van der Waals surface area (Å²) in [7, 11) is 0. The van der Waals surface area contributed by atoms with E-state index in [0.717, 1.165) is 36.8 Å². The number of nitrogens with zero attached hydrogens (tertiary/aromatic N) is 4. The molecule has 2 aromatic carbocycles. The number of aliphatic hydroxyl groups excluding tert-OH is 1. The van der Waals surface area contributed by atoms with Crippen molar-refractivity contribution in [1.29, 1.82) is 0 Å². The van der Waals surface area contributed by atoms with E-state index < -0.39 is 12.1 Å². The molecule has 4 N–H and O–H groups in total. The number of urea groups is 1. The fraction of sp³-hybridized carbons (Fsp3) is 0.419. The molecule has 0 fully saturated rings. The zero-order valence-corrected chi connectivity index (χ0v) is 24.1. The van der Waals surface area contributed by atoms with Crippen LogP contribution in [-0.4, -0.2) is 68.3 Å². The fourth-order valence-corrected chi connectivity index (χ4v) is 5.25. The number of hydrogen-bond acceptors (Lipinski definition) is 5. The number of rotatable bonds is 11. The summed E-state index contributed by atoms with van der Waals surface area (Å²) in [4.78, 5) is 42.8. The minimum absolute atomic E-state index is 0.137. The van der Waals surface area contributed by atoms with Crippen molar-refractivity contribution < 1.29 is 19.5 Å². The van der Waals surface area contributed by atoms with Crippen LogP contribution in [0.3, 0.4) is 0 Å². The Morgan fingerprint density at radius 2 is 1.73 bits per heavy atom. The van der Waals surface area contributed by atoms with Crippen LogP contribution in [0.25, 0.3) is 5.69 Å². The molecule has 1 aliphatic rings. The molecule has 4 amide bonds.